The van der Waals surface area contributed by atoms with Gasteiger partial charge in [-0.05, 0) is 18.4 Å². The molecule has 0 spiro atoms. The fourth-order valence-electron chi connectivity index (χ4n) is 1.43. The molecule has 1 aromatic rings. The number of hydrogen-bond acceptors (Lipinski definition) is 4. The predicted octanol–water partition coefficient (Wildman–Crippen LogP) is 2.07. The number of ether oxygens (including phenoxy) is 2. The summed E-state index contributed by atoms with van der Waals surface area (Å²) in [5.74, 6) is -0.352. The first kappa shape index (κ1) is 13.2. The van der Waals surface area contributed by atoms with Crippen LogP contribution in [0.25, 0.3) is 0 Å². The highest BCUT2D eigenvalue weighted by molar-refractivity contribution is 5.69. The van der Waals surface area contributed by atoms with Crippen LogP contribution < -0.4 is 0 Å². The minimum atomic E-state index is -0.809. The molecule has 4 nitrogen and oxygen atoms in total. The van der Waals surface area contributed by atoms with E-state index in [1.165, 1.54) is 12.5 Å². The lowest BCUT2D eigenvalue weighted by Gasteiger charge is -2.10. The lowest BCUT2D eigenvalue weighted by molar-refractivity contribution is -0.176. The van der Waals surface area contributed by atoms with Gasteiger partial charge in [0, 0.05) is 13.3 Å². The van der Waals surface area contributed by atoms with Gasteiger partial charge in [0.05, 0.1) is 0 Å². The zero-order chi connectivity index (χ0) is 12.5. The second-order valence-electron chi connectivity index (χ2n) is 3.63. The quantitative estimate of drug-likeness (QED) is 0.413. The first-order valence-corrected chi connectivity index (χ1v) is 5.55. The Hall–Kier alpha value is -1.84. The molecular weight excluding hydrogens is 220 g/mol. The molecule has 0 heterocycles. The van der Waals surface area contributed by atoms with E-state index in [1.807, 2.05) is 30.3 Å². The molecule has 0 N–H and O–H groups in total. The molecule has 1 rings (SSSR count). The van der Waals surface area contributed by atoms with E-state index in [1.54, 1.807) is 0 Å². The van der Waals surface area contributed by atoms with Crippen LogP contribution in [-0.4, -0.2) is 18.7 Å². The average molecular weight is 236 g/mol. The van der Waals surface area contributed by atoms with E-state index in [4.69, 9.17) is 4.74 Å². The van der Waals surface area contributed by atoms with Crippen LogP contribution in [0.5, 0.6) is 0 Å². The molecule has 0 fully saturated rings. The summed E-state index contributed by atoms with van der Waals surface area (Å²) in [5, 5.41) is 0. The van der Waals surface area contributed by atoms with Crippen LogP contribution in [0.4, 0.5) is 0 Å². The van der Waals surface area contributed by atoms with Crippen molar-refractivity contribution >= 4 is 12.4 Å². The lowest BCUT2D eigenvalue weighted by atomic mass is 10.1. The van der Waals surface area contributed by atoms with Crippen molar-refractivity contribution in [1.82, 2.24) is 0 Å². The zero-order valence-corrected chi connectivity index (χ0v) is 9.80. The summed E-state index contributed by atoms with van der Waals surface area (Å²) in [6, 6.07) is 9.92. The Kier molecular flexibility index (Phi) is 5.79. The Morgan fingerprint density at radius 2 is 2.06 bits per heavy atom. The summed E-state index contributed by atoms with van der Waals surface area (Å²) in [6.07, 6.45) is 1.06. The maximum Gasteiger partial charge on any atom is 0.308 e. The molecule has 92 valence electrons. The largest absolute Gasteiger partial charge is 0.428 e. The van der Waals surface area contributed by atoms with Crippen molar-refractivity contribution in [3.8, 4) is 0 Å². The lowest BCUT2D eigenvalue weighted by Crippen LogP contribution is -2.17. The third-order valence-electron chi connectivity index (χ3n) is 2.23. The van der Waals surface area contributed by atoms with Gasteiger partial charge in [-0.1, -0.05) is 30.3 Å². The number of carbonyl (C=O) groups is 2. The first-order chi connectivity index (χ1) is 8.22. The summed E-state index contributed by atoms with van der Waals surface area (Å²) in [4.78, 5) is 21.3. The Labute approximate surface area is 101 Å². The van der Waals surface area contributed by atoms with Gasteiger partial charge in [-0.25, -0.2) is 0 Å². The van der Waals surface area contributed by atoms with E-state index in [0.717, 1.165) is 12.8 Å². The third-order valence-corrected chi connectivity index (χ3v) is 2.23. The normalized spacial score (nSPS) is 11.6. The van der Waals surface area contributed by atoms with E-state index in [9.17, 15) is 9.59 Å². The van der Waals surface area contributed by atoms with Crippen molar-refractivity contribution in [2.75, 3.05) is 0 Å². The number of rotatable bonds is 7. The van der Waals surface area contributed by atoms with Gasteiger partial charge in [-0.15, -0.1) is 0 Å². The highest BCUT2D eigenvalue weighted by Gasteiger charge is 2.08. The summed E-state index contributed by atoms with van der Waals surface area (Å²) in [5.41, 5.74) is 1.19. The zero-order valence-electron chi connectivity index (χ0n) is 9.80. The molecule has 0 saturated heterocycles. The van der Waals surface area contributed by atoms with Crippen molar-refractivity contribution in [3.05, 3.63) is 35.9 Å². The van der Waals surface area contributed by atoms with Crippen LogP contribution >= 0.6 is 0 Å². The fraction of sp³-hybridized carbons (Fsp3) is 0.385. The summed E-state index contributed by atoms with van der Waals surface area (Å²) in [7, 11) is 0. The highest BCUT2D eigenvalue weighted by Crippen LogP contribution is 2.06. The molecule has 0 bridgehead atoms. The topological polar surface area (TPSA) is 52.6 Å². The molecule has 0 aliphatic carbocycles. The molecule has 4 heteroatoms. The highest BCUT2D eigenvalue weighted by atomic mass is 16.7. The second kappa shape index (κ2) is 7.44. The molecule has 0 aliphatic heterocycles. The standard InChI is InChI=1S/C13H16O4/c1-11(16-10-14)17-13(15)9-5-8-12-6-3-2-4-7-12/h2-4,6-7,10-11H,5,8-9H2,1H3. The number of hydrogen-bond donors (Lipinski definition) is 0. The molecule has 0 saturated carbocycles. The summed E-state index contributed by atoms with van der Waals surface area (Å²) < 4.78 is 9.29. The Morgan fingerprint density at radius 3 is 2.71 bits per heavy atom. The van der Waals surface area contributed by atoms with Crippen molar-refractivity contribution in [1.29, 1.82) is 0 Å². The van der Waals surface area contributed by atoms with Gasteiger partial charge in [-0.3, -0.25) is 9.59 Å². The van der Waals surface area contributed by atoms with Crippen LogP contribution in [0.15, 0.2) is 30.3 Å². The van der Waals surface area contributed by atoms with E-state index in [2.05, 4.69) is 4.74 Å². The van der Waals surface area contributed by atoms with Crippen molar-refractivity contribution in [3.63, 3.8) is 0 Å². The molecule has 0 amide bonds. The smallest absolute Gasteiger partial charge is 0.308 e. The van der Waals surface area contributed by atoms with Gasteiger partial charge < -0.3 is 9.47 Å². The molecule has 1 unspecified atom stereocenters. The molecule has 0 radical (unpaired) electrons. The Bertz CT molecular complexity index is 348. The number of esters is 1. The van der Waals surface area contributed by atoms with E-state index in [-0.39, 0.29) is 12.4 Å². The summed E-state index contributed by atoms with van der Waals surface area (Å²) >= 11 is 0. The minimum absolute atomic E-state index is 0.266. The van der Waals surface area contributed by atoms with Crippen molar-refractivity contribution < 1.29 is 19.1 Å². The summed E-state index contributed by atoms with van der Waals surface area (Å²) in [6.45, 7) is 1.77. The van der Waals surface area contributed by atoms with Crippen molar-refractivity contribution in [2.24, 2.45) is 0 Å². The van der Waals surface area contributed by atoms with Crippen LogP contribution in [0.2, 0.25) is 0 Å². The van der Waals surface area contributed by atoms with Gasteiger partial charge in [0.2, 0.25) is 6.29 Å². The maximum absolute atomic E-state index is 11.3. The van der Waals surface area contributed by atoms with E-state index < -0.39 is 6.29 Å². The van der Waals surface area contributed by atoms with Crippen molar-refractivity contribution in [2.45, 2.75) is 32.5 Å². The molecule has 1 aromatic carbocycles. The molecule has 0 aliphatic rings. The number of aryl methyl sites for hydroxylation is 1. The van der Waals surface area contributed by atoms with Gasteiger partial charge in [0.25, 0.3) is 6.47 Å². The molecule has 0 aromatic heterocycles. The Morgan fingerprint density at radius 1 is 1.35 bits per heavy atom. The average Bonchev–Trinajstić information content (AvgIpc) is 2.30. The Balaban J connectivity index is 2.18. The van der Waals surface area contributed by atoms with E-state index in [0.29, 0.717) is 6.42 Å². The van der Waals surface area contributed by atoms with Crippen LogP contribution in [0.3, 0.4) is 0 Å². The predicted molar refractivity (Wildman–Crippen MR) is 62.1 cm³/mol. The van der Waals surface area contributed by atoms with Gasteiger partial charge in [0.15, 0.2) is 0 Å². The number of carbonyl (C=O) groups excluding carboxylic acids is 2. The minimum Gasteiger partial charge on any atom is -0.428 e. The van der Waals surface area contributed by atoms with Crippen LogP contribution in [0, 0.1) is 0 Å². The van der Waals surface area contributed by atoms with Gasteiger partial charge >= 0.3 is 5.97 Å². The fourth-order valence-corrected chi connectivity index (χ4v) is 1.43. The third kappa shape index (κ3) is 5.70. The number of benzene rings is 1. The van der Waals surface area contributed by atoms with Gasteiger partial charge in [-0.2, -0.15) is 0 Å². The molecular formula is C13H16O4. The SMILES string of the molecule is CC(OC=O)OC(=O)CCCc1ccccc1. The molecule has 1 atom stereocenters. The second-order valence-corrected chi connectivity index (χ2v) is 3.63. The maximum atomic E-state index is 11.3. The van der Waals surface area contributed by atoms with E-state index >= 15 is 0 Å². The molecule has 17 heavy (non-hydrogen) atoms. The van der Waals surface area contributed by atoms with Crippen LogP contribution in [-0.2, 0) is 25.5 Å². The monoisotopic (exact) mass is 236 g/mol. The first-order valence-electron chi connectivity index (χ1n) is 5.55. The van der Waals surface area contributed by atoms with Gasteiger partial charge in [0.1, 0.15) is 0 Å². The van der Waals surface area contributed by atoms with Crippen LogP contribution in [0.1, 0.15) is 25.3 Å².